The third-order valence-electron chi connectivity index (χ3n) is 4.16. The van der Waals surface area contributed by atoms with E-state index in [2.05, 4.69) is 10.3 Å². The number of amides is 1. The second-order valence-corrected chi connectivity index (χ2v) is 7.87. The number of aliphatic carboxylic acids is 1. The Morgan fingerprint density at radius 3 is 2.74 bits per heavy atom. The molecule has 2 aromatic heterocycles. The molecular weight excluding hydrogens is 332 g/mol. The predicted molar refractivity (Wildman–Crippen MR) is 91.1 cm³/mol. The van der Waals surface area contributed by atoms with Crippen molar-refractivity contribution in [2.75, 3.05) is 0 Å². The van der Waals surface area contributed by atoms with Gasteiger partial charge in [-0.2, -0.15) is 0 Å². The van der Waals surface area contributed by atoms with Crippen LogP contribution in [-0.4, -0.2) is 27.5 Å². The van der Waals surface area contributed by atoms with Gasteiger partial charge < -0.3 is 10.4 Å². The maximum absolute atomic E-state index is 12.7. The van der Waals surface area contributed by atoms with Gasteiger partial charge in [-0.25, -0.2) is 4.98 Å². The predicted octanol–water partition coefficient (Wildman–Crippen LogP) is 3.70. The van der Waals surface area contributed by atoms with E-state index >= 15 is 0 Å². The van der Waals surface area contributed by atoms with Crippen molar-refractivity contribution in [1.29, 1.82) is 0 Å². The zero-order valence-electron chi connectivity index (χ0n) is 12.8. The lowest BCUT2D eigenvalue weighted by Crippen LogP contribution is -2.47. The number of thiazole rings is 1. The molecule has 0 aromatic carbocycles. The second kappa shape index (κ2) is 6.41. The number of aryl methyl sites for hydroxylation is 1. The van der Waals surface area contributed by atoms with Gasteiger partial charge in [-0.05, 0) is 31.2 Å². The van der Waals surface area contributed by atoms with Crippen LogP contribution in [0, 0.1) is 6.92 Å². The lowest BCUT2D eigenvalue weighted by Gasteiger charge is -2.28. The molecule has 0 radical (unpaired) electrons. The molecule has 0 spiro atoms. The van der Waals surface area contributed by atoms with Gasteiger partial charge in [0.15, 0.2) is 0 Å². The maximum Gasteiger partial charge on any atom is 0.305 e. The fraction of sp³-hybridized carbons (Fsp3) is 0.438. The van der Waals surface area contributed by atoms with Crippen LogP contribution < -0.4 is 5.32 Å². The van der Waals surface area contributed by atoms with Gasteiger partial charge >= 0.3 is 5.97 Å². The summed E-state index contributed by atoms with van der Waals surface area (Å²) in [6, 6.07) is 3.93. The van der Waals surface area contributed by atoms with Crippen LogP contribution in [0.1, 0.15) is 47.5 Å². The van der Waals surface area contributed by atoms with E-state index in [4.69, 9.17) is 5.11 Å². The number of nitrogens with one attached hydrogen (secondary N) is 1. The Morgan fingerprint density at radius 1 is 1.39 bits per heavy atom. The first kappa shape index (κ1) is 16.1. The van der Waals surface area contributed by atoms with E-state index in [1.165, 1.54) is 11.3 Å². The number of carbonyl (C=O) groups is 2. The van der Waals surface area contributed by atoms with Crippen molar-refractivity contribution in [1.82, 2.24) is 10.3 Å². The zero-order chi connectivity index (χ0) is 16.4. The summed E-state index contributed by atoms with van der Waals surface area (Å²) >= 11 is 2.95. The summed E-state index contributed by atoms with van der Waals surface area (Å²) in [5.74, 6) is -1.07. The van der Waals surface area contributed by atoms with Gasteiger partial charge in [-0.1, -0.05) is 18.9 Å². The molecule has 2 N–H and O–H groups in total. The number of nitrogens with zero attached hydrogens (tertiary/aromatic N) is 1. The van der Waals surface area contributed by atoms with Crippen LogP contribution in [0.15, 0.2) is 17.5 Å². The van der Waals surface area contributed by atoms with E-state index in [1.54, 1.807) is 11.3 Å². The van der Waals surface area contributed by atoms with Crippen molar-refractivity contribution in [2.24, 2.45) is 0 Å². The molecule has 2 aromatic rings. The number of hydrogen-bond acceptors (Lipinski definition) is 5. The molecule has 122 valence electrons. The van der Waals surface area contributed by atoms with E-state index in [1.807, 2.05) is 24.4 Å². The Bertz CT molecular complexity index is 716. The first-order valence-corrected chi connectivity index (χ1v) is 9.24. The lowest BCUT2D eigenvalue weighted by atomic mass is 9.93. The van der Waals surface area contributed by atoms with E-state index < -0.39 is 11.5 Å². The highest BCUT2D eigenvalue weighted by molar-refractivity contribution is 7.22. The van der Waals surface area contributed by atoms with Crippen molar-refractivity contribution >= 4 is 34.6 Å². The number of thiophene rings is 1. The van der Waals surface area contributed by atoms with Gasteiger partial charge in [-0.3, -0.25) is 9.59 Å². The molecule has 1 amide bonds. The number of carboxylic acids is 1. The highest BCUT2D eigenvalue weighted by Crippen LogP contribution is 2.35. The lowest BCUT2D eigenvalue weighted by molar-refractivity contribution is -0.138. The van der Waals surface area contributed by atoms with Crippen LogP contribution in [0.3, 0.4) is 0 Å². The molecule has 0 unspecified atom stereocenters. The third-order valence-corrected chi connectivity index (χ3v) is 6.36. The fourth-order valence-corrected chi connectivity index (χ4v) is 4.86. The normalized spacial score (nSPS) is 16.4. The van der Waals surface area contributed by atoms with Gasteiger partial charge in [-0.15, -0.1) is 22.7 Å². The molecule has 1 fully saturated rings. The first-order chi connectivity index (χ1) is 11.0. The summed E-state index contributed by atoms with van der Waals surface area (Å²) in [5.41, 5.74) is 0.0852. The maximum atomic E-state index is 12.7. The minimum absolute atomic E-state index is 0.0195. The molecule has 1 aliphatic rings. The minimum atomic E-state index is -0.868. The molecule has 2 heterocycles. The largest absolute Gasteiger partial charge is 0.481 e. The molecule has 0 aliphatic heterocycles. The Kier molecular flexibility index (Phi) is 4.50. The Hall–Kier alpha value is -1.73. The molecule has 1 aliphatic carbocycles. The molecule has 5 nitrogen and oxygen atoms in total. The molecule has 0 atom stereocenters. The average molecular weight is 350 g/mol. The molecule has 3 rings (SSSR count). The van der Waals surface area contributed by atoms with E-state index in [0.29, 0.717) is 10.6 Å². The summed E-state index contributed by atoms with van der Waals surface area (Å²) in [6.07, 6.45) is 3.33. The fourth-order valence-electron chi connectivity index (χ4n) is 3.10. The smallest absolute Gasteiger partial charge is 0.305 e. The Balaban J connectivity index is 1.81. The van der Waals surface area contributed by atoms with E-state index in [9.17, 15) is 9.59 Å². The topological polar surface area (TPSA) is 79.3 Å². The van der Waals surface area contributed by atoms with Gasteiger partial charge in [0.1, 0.15) is 9.88 Å². The molecule has 1 saturated carbocycles. The average Bonchev–Trinajstić information content (AvgIpc) is 3.18. The quantitative estimate of drug-likeness (QED) is 0.862. The van der Waals surface area contributed by atoms with Crippen LogP contribution >= 0.6 is 22.7 Å². The highest BCUT2D eigenvalue weighted by atomic mass is 32.1. The van der Waals surface area contributed by atoms with Crippen molar-refractivity contribution in [3.63, 3.8) is 0 Å². The summed E-state index contributed by atoms with van der Waals surface area (Å²) in [5, 5.41) is 15.0. The van der Waals surface area contributed by atoms with E-state index in [-0.39, 0.29) is 12.3 Å². The van der Waals surface area contributed by atoms with Crippen molar-refractivity contribution < 1.29 is 14.7 Å². The van der Waals surface area contributed by atoms with Gasteiger partial charge in [0.05, 0.1) is 22.5 Å². The van der Waals surface area contributed by atoms with Crippen LogP contribution in [0.25, 0.3) is 9.88 Å². The zero-order valence-corrected chi connectivity index (χ0v) is 14.4. The standard InChI is InChI=1S/C16H18N2O3S2/c1-10-13(23-15(17-10)11-5-4-8-22-11)14(21)18-16(9-12(19)20)6-2-3-7-16/h4-5,8H,2-3,6-7,9H2,1H3,(H,18,21)(H,19,20). The summed E-state index contributed by atoms with van der Waals surface area (Å²) < 4.78 is 0. The number of carbonyl (C=O) groups excluding carboxylic acids is 1. The second-order valence-electron chi connectivity index (χ2n) is 5.92. The minimum Gasteiger partial charge on any atom is -0.481 e. The van der Waals surface area contributed by atoms with Crippen LogP contribution in [0.5, 0.6) is 0 Å². The summed E-state index contributed by atoms with van der Waals surface area (Å²) in [4.78, 5) is 29.9. The first-order valence-electron chi connectivity index (χ1n) is 7.55. The number of rotatable bonds is 5. The number of hydrogen-bond donors (Lipinski definition) is 2. The van der Waals surface area contributed by atoms with E-state index in [0.717, 1.165) is 35.6 Å². The van der Waals surface area contributed by atoms with Gasteiger partial charge in [0.2, 0.25) is 0 Å². The highest BCUT2D eigenvalue weighted by Gasteiger charge is 2.38. The molecular formula is C16H18N2O3S2. The van der Waals surface area contributed by atoms with Crippen molar-refractivity contribution in [3.05, 3.63) is 28.1 Å². The van der Waals surface area contributed by atoms with Gasteiger partial charge in [0, 0.05) is 0 Å². The third kappa shape index (κ3) is 3.45. The molecule has 23 heavy (non-hydrogen) atoms. The number of aromatic nitrogens is 1. The summed E-state index contributed by atoms with van der Waals surface area (Å²) in [7, 11) is 0. The molecule has 7 heteroatoms. The number of carboxylic acid groups (broad SMARTS) is 1. The monoisotopic (exact) mass is 350 g/mol. The van der Waals surface area contributed by atoms with Gasteiger partial charge in [0.25, 0.3) is 5.91 Å². The SMILES string of the molecule is Cc1nc(-c2cccs2)sc1C(=O)NC1(CC(=O)O)CCCC1. The Labute approximate surface area is 142 Å². The van der Waals surface area contributed by atoms with Crippen molar-refractivity contribution in [3.8, 4) is 9.88 Å². The Morgan fingerprint density at radius 2 is 2.13 bits per heavy atom. The summed E-state index contributed by atoms with van der Waals surface area (Å²) in [6.45, 7) is 1.82. The van der Waals surface area contributed by atoms with Crippen LogP contribution in [0.2, 0.25) is 0 Å². The van der Waals surface area contributed by atoms with Crippen LogP contribution in [-0.2, 0) is 4.79 Å². The van der Waals surface area contributed by atoms with Crippen molar-refractivity contribution in [2.45, 2.75) is 44.6 Å². The van der Waals surface area contributed by atoms with Crippen LogP contribution in [0.4, 0.5) is 0 Å². The molecule has 0 bridgehead atoms. The molecule has 0 saturated heterocycles.